The second-order valence-electron chi connectivity index (χ2n) is 7.01. The minimum atomic E-state index is -0.490. The first-order chi connectivity index (χ1) is 12.3. The molecule has 1 fully saturated rings. The Hall–Kier alpha value is -2.27. The first-order valence-corrected chi connectivity index (χ1v) is 9.06. The number of nitrogens with one attached hydrogen (secondary N) is 1. The van der Waals surface area contributed by atoms with Crippen molar-refractivity contribution < 1.29 is 9.18 Å². The van der Waals surface area contributed by atoms with Crippen LogP contribution in [0.1, 0.15) is 19.4 Å². The third kappa shape index (κ3) is 4.28. The molecule has 0 unspecified atom stereocenters. The number of carbonyl (C=O) groups is 1. The zero-order chi connectivity index (χ0) is 18.7. The van der Waals surface area contributed by atoms with Gasteiger partial charge in [-0.3, -0.25) is 0 Å². The molecule has 1 aliphatic heterocycles. The number of urea groups is 1. The van der Waals surface area contributed by atoms with Crippen LogP contribution in [0.5, 0.6) is 0 Å². The first-order valence-electron chi connectivity index (χ1n) is 8.69. The molecule has 1 aliphatic rings. The van der Waals surface area contributed by atoms with Crippen LogP contribution in [0.3, 0.4) is 0 Å². The van der Waals surface area contributed by atoms with Crippen LogP contribution in [0, 0.1) is 5.82 Å². The Morgan fingerprint density at radius 3 is 2.15 bits per heavy atom. The number of amides is 2. The lowest BCUT2D eigenvalue weighted by molar-refractivity contribution is 0.183. The van der Waals surface area contributed by atoms with E-state index in [2.05, 4.69) is 10.2 Å². The van der Waals surface area contributed by atoms with Crippen molar-refractivity contribution in [3.8, 4) is 0 Å². The van der Waals surface area contributed by atoms with Crippen LogP contribution in [0.25, 0.3) is 0 Å². The summed E-state index contributed by atoms with van der Waals surface area (Å²) in [6, 6.07) is 13.9. The van der Waals surface area contributed by atoms with Crippen LogP contribution in [-0.4, -0.2) is 37.1 Å². The smallest absolute Gasteiger partial charge is 0.318 e. The summed E-state index contributed by atoms with van der Waals surface area (Å²) in [5.74, 6) is -0.240. The minimum absolute atomic E-state index is 0.0799. The summed E-state index contributed by atoms with van der Waals surface area (Å²) in [5, 5.41) is 3.77. The molecule has 1 heterocycles. The number of hydrogen-bond donors (Lipinski definition) is 1. The van der Waals surface area contributed by atoms with Gasteiger partial charge in [-0.1, -0.05) is 23.7 Å². The molecule has 138 valence electrons. The average molecular weight is 376 g/mol. The van der Waals surface area contributed by atoms with Crippen LogP contribution >= 0.6 is 11.6 Å². The van der Waals surface area contributed by atoms with E-state index in [-0.39, 0.29) is 11.8 Å². The Bertz CT molecular complexity index is 754. The third-order valence-corrected chi connectivity index (χ3v) is 5.00. The van der Waals surface area contributed by atoms with E-state index in [9.17, 15) is 9.18 Å². The number of anilines is 1. The maximum absolute atomic E-state index is 13.1. The summed E-state index contributed by atoms with van der Waals surface area (Å²) in [7, 11) is 0. The highest BCUT2D eigenvalue weighted by Crippen LogP contribution is 2.23. The fraction of sp³-hybridized carbons (Fsp3) is 0.350. The summed E-state index contributed by atoms with van der Waals surface area (Å²) in [4.78, 5) is 16.6. The van der Waals surface area contributed by atoms with Crippen molar-refractivity contribution in [1.82, 2.24) is 10.2 Å². The molecule has 0 atom stereocenters. The molecule has 26 heavy (non-hydrogen) atoms. The molecule has 0 bridgehead atoms. The van der Waals surface area contributed by atoms with Gasteiger partial charge in [0.05, 0.1) is 5.54 Å². The topological polar surface area (TPSA) is 35.6 Å². The Labute approximate surface area is 158 Å². The SMILES string of the molecule is CC(C)(NC(=O)N1CCN(c2ccc(F)cc2)CC1)c1ccc(Cl)cc1. The van der Waals surface area contributed by atoms with Gasteiger partial charge in [-0.15, -0.1) is 0 Å². The summed E-state index contributed by atoms with van der Waals surface area (Å²) in [6.45, 7) is 6.65. The van der Waals surface area contributed by atoms with Gasteiger partial charge in [0.1, 0.15) is 5.82 Å². The quantitative estimate of drug-likeness (QED) is 0.870. The van der Waals surface area contributed by atoms with Gasteiger partial charge >= 0.3 is 6.03 Å². The Balaban J connectivity index is 1.58. The van der Waals surface area contributed by atoms with Gasteiger partial charge in [-0.05, 0) is 55.8 Å². The first kappa shape index (κ1) is 18.5. The Morgan fingerprint density at radius 1 is 1.00 bits per heavy atom. The van der Waals surface area contributed by atoms with E-state index in [1.165, 1.54) is 12.1 Å². The van der Waals surface area contributed by atoms with Crippen molar-refractivity contribution in [2.45, 2.75) is 19.4 Å². The maximum Gasteiger partial charge on any atom is 0.318 e. The van der Waals surface area contributed by atoms with Crippen molar-refractivity contribution >= 4 is 23.3 Å². The van der Waals surface area contributed by atoms with Crippen LogP contribution in [0.4, 0.5) is 14.9 Å². The van der Waals surface area contributed by atoms with Crippen LogP contribution in [0.15, 0.2) is 48.5 Å². The molecule has 1 saturated heterocycles. The van der Waals surface area contributed by atoms with E-state index >= 15 is 0 Å². The van der Waals surface area contributed by atoms with E-state index in [0.29, 0.717) is 18.1 Å². The molecule has 4 nitrogen and oxygen atoms in total. The summed E-state index contributed by atoms with van der Waals surface area (Å²) in [5.41, 5.74) is 1.49. The Kier molecular flexibility index (Phi) is 5.37. The molecular weight excluding hydrogens is 353 g/mol. The van der Waals surface area contributed by atoms with Crippen molar-refractivity contribution in [3.63, 3.8) is 0 Å². The van der Waals surface area contributed by atoms with E-state index in [0.717, 1.165) is 24.3 Å². The van der Waals surface area contributed by atoms with Gasteiger partial charge < -0.3 is 15.1 Å². The largest absolute Gasteiger partial charge is 0.368 e. The lowest BCUT2D eigenvalue weighted by atomic mass is 9.94. The van der Waals surface area contributed by atoms with E-state index in [1.807, 2.05) is 43.0 Å². The fourth-order valence-electron chi connectivity index (χ4n) is 3.10. The third-order valence-electron chi connectivity index (χ3n) is 4.74. The molecule has 1 N–H and O–H groups in total. The molecule has 2 aromatic carbocycles. The van der Waals surface area contributed by atoms with Crippen molar-refractivity contribution in [2.75, 3.05) is 31.1 Å². The summed E-state index contributed by atoms with van der Waals surface area (Å²) < 4.78 is 13.1. The molecule has 3 rings (SSSR count). The van der Waals surface area contributed by atoms with Gasteiger partial charge in [0.2, 0.25) is 0 Å². The van der Waals surface area contributed by atoms with Crippen molar-refractivity contribution in [3.05, 3.63) is 64.9 Å². The normalized spacial score (nSPS) is 15.1. The molecule has 0 saturated carbocycles. The van der Waals surface area contributed by atoms with Gasteiger partial charge in [0.15, 0.2) is 0 Å². The highest BCUT2D eigenvalue weighted by molar-refractivity contribution is 6.30. The van der Waals surface area contributed by atoms with Crippen LogP contribution in [-0.2, 0) is 5.54 Å². The lowest BCUT2D eigenvalue weighted by Gasteiger charge is -2.38. The second kappa shape index (κ2) is 7.54. The number of hydrogen-bond acceptors (Lipinski definition) is 2. The zero-order valence-corrected chi connectivity index (χ0v) is 15.8. The minimum Gasteiger partial charge on any atom is -0.368 e. The van der Waals surface area contributed by atoms with Crippen LogP contribution in [0.2, 0.25) is 5.02 Å². The highest BCUT2D eigenvalue weighted by atomic mass is 35.5. The predicted molar refractivity (Wildman–Crippen MR) is 103 cm³/mol. The van der Waals surface area contributed by atoms with Crippen molar-refractivity contribution in [1.29, 1.82) is 0 Å². The molecule has 0 radical (unpaired) electrons. The van der Waals surface area contributed by atoms with E-state index < -0.39 is 5.54 Å². The van der Waals surface area contributed by atoms with E-state index in [4.69, 9.17) is 11.6 Å². The summed E-state index contributed by atoms with van der Waals surface area (Å²) >= 11 is 5.94. The number of rotatable bonds is 3. The van der Waals surface area contributed by atoms with E-state index in [1.54, 1.807) is 12.1 Å². The Morgan fingerprint density at radius 2 is 1.58 bits per heavy atom. The molecular formula is C20H23ClFN3O. The van der Waals surface area contributed by atoms with Crippen molar-refractivity contribution in [2.24, 2.45) is 0 Å². The zero-order valence-electron chi connectivity index (χ0n) is 15.0. The lowest BCUT2D eigenvalue weighted by Crippen LogP contribution is -2.55. The number of halogens is 2. The van der Waals surface area contributed by atoms with Gasteiger partial charge in [-0.2, -0.15) is 0 Å². The molecule has 6 heteroatoms. The molecule has 2 aromatic rings. The molecule has 0 aliphatic carbocycles. The van der Waals surface area contributed by atoms with Gasteiger partial charge in [0, 0.05) is 36.9 Å². The second-order valence-corrected chi connectivity index (χ2v) is 7.45. The maximum atomic E-state index is 13.1. The molecule has 2 amide bonds. The standard InChI is InChI=1S/C20H23ClFN3O/c1-20(2,15-3-5-16(21)6-4-15)23-19(26)25-13-11-24(12-14-25)18-9-7-17(22)8-10-18/h3-10H,11-14H2,1-2H3,(H,23,26). The monoisotopic (exact) mass is 375 g/mol. The fourth-order valence-corrected chi connectivity index (χ4v) is 3.23. The molecule has 0 aromatic heterocycles. The number of benzene rings is 2. The average Bonchev–Trinajstić information content (AvgIpc) is 2.62. The molecule has 0 spiro atoms. The predicted octanol–water partition coefficient (Wildman–Crippen LogP) is 4.25. The number of carbonyl (C=O) groups excluding carboxylic acids is 1. The number of piperazine rings is 1. The van der Waals surface area contributed by atoms with Gasteiger partial charge in [0.25, 0.3) is 0 Å². The number of nitrogens with zero attached hydrogens (tertiary/aromatic N) is 2. The van der Waals surface area contributed by atoms with Gasteiger partial charge in [-0.25, -0.2) is 9.18 Å². The highest BCUT2D eigenvalue weighted by Gasteiger charge is 2.27. The summed E-state index contributed by atoms with van der Waals surface area (Å²) in [6.07, 6.45) is 0. The van der Waals surface area contributed by atoms with Crippen LogP contribution < -0.4 is 10.2 Å².